The number of nitrogen functional groups attached to an aromatic ring is 2. The highest BCUT2D eigenvalue weighted by atomic mass is 19.1. The number of hydrogen-bond acceptors (Lipinski definition) is 7. The van der Waals surface area contributed by atoms with Crippen molar-refractivity contribution in [1.29, 1.82) is 0 Å². The zero-order valence-corrected chi connectivity index (χ0v) is 12.6. The lowest BCUT2D eigenvalue weighted by Gasteiger charge is -2.15. The van der Waals surface area contributed by atoms with Crippen molar-refractivity contribution in [2.45, 2.75) is 0 Å². The third-order valence-corrected chi connectivity index (χ3v) is 3.35. The molecule has 7 N–H and O–H groups in total. The van der Waals surface area contributed by atoms with Crippen LogP contribution >= 0.6 is 0 Å². The Morgan fingerprint density at radius 3 is 1.92 bits per heavy atom. The summed E-state index contributed by atoms with van der Waals surface area (Å²) < 4.78 is 13.2. The number of hydrazine groups is 2. The third-order valence-electron chi connectivity index (χ3n) is 3.35. The van der Waals surface area contributed by atoms with Crippen molar-refractivity contribution in [3.63, 3.8) is 0 Å². The molecular weight excluding hydrogens is 309 g/mol. The molecule has 0 fully saturated rings. The fourth-order valence-corrected chi connectivity index (χ4v) is 2.27. The molecule has 24 heavy (non-hydrogen) atoms. The number of nitrogens with zero attached hydrogens (tertiary/aromatic N) is 2. The van der Waals surface area contributed by atoms with E-state index in [0.29, 0.717) is 28.7 Å². The van der Waals surface area contributed by atoms with Crippen LogP contribution in [0.3, 0.4) is 0 Å². The van der Waals surface area contributed by atoms with Crippen molar-refractivity contribution in [1.82, 2.24) is 9.97 Å². The lowest BCUT2D eigenvalue weighted by Crippen LogP contribution is -2.16. The van der Waals surface area contributed by atoms with Gasteiger partial charge < -0.3 is 16.2 Å². The molecule has 122 valence electrons. The summed E-state index contributed by atoms with van der Waals surface area (Å²) >= 11 is 0. The minimum atomic E-state index is -0.341. The van der Waals surface area contributed by atoms with Crippen LogP contribution in [-0.2, 0) is 0 Å². The van der Waals surface area contributed by atoms with Gasteiger partial charge in [-0.15, -0.1) is 0 Å². The largest absolute Gasteiger partial charge is 0.324 e. The van der Waals surface area contributed by atoms with Gasteiger partial charge in [0.1, 0.15) is 5.82 Å². The summed E-state index contributed by atoms with van der Waals surface area (Å²) in [4.78, 5) is 8.69. The first-order valence-corrected chi connectivity index (χ1v) is 7.14. The van der Waals surface area contributed by atoms with Gasteiger partial charge in [0.25, 0.3) is 0 Å². The molecule has 0 aliphatic carbocycles. The van der Waals surface area contributed by atoms with Crippen LogP contribution in [0.4, 0.5) is 27.7 Å². The molecule has 2 aromatic carbocycles. The monoisotopic (exact) mass is 325 g/mol. The Hall–Kier alpha value is -3.23. The van der Waals surface area contributed by atoms with E-state index in [4.69, 9.17) is 11.7 Å². The smallest absolute Gasteiger partial charge is 0.231 e. The summed E-state index contributed by atoms with van der Waals surface area (Å²) in [6, 6.07) is 15.3. The Morgan fingerprint density at radius 1 is 0.792 bits per heavy atom. The number of halogens is 1. The molecule has 0 aliphatic rings. The maximum absolute atomic E-state index is 13.2. The van der Waals surface area contributed by atoms with Crippen molar-refractivity contribution >= 4 is 23.3 Å². The average molecular weight is 325 g/mol. The maximum Gasteiger partial charge on any atom is 0.231 e. The fraction of sp³-hybridized carbons (Fsp3) is 0. The number of rotatable bonds is 5. The summed E-state index contributed by atoms with van der Waals surface area (Å²) in [5, 5.41) is 3.07. The number of nitrogens with one attached hydrogen (secondary N) is 3. The zero-order chi connectivity index (χ0) is 16.9. The second-order valence-electron chi connectivity index (χ2n) is 4.91. The molecule has 0 radical (unpaired) electrons. The van der Waals surface area contributed by atoms with E-state index in [1.54, 1.807) is 12.1 Å². The van der Waals surface area contributed by atoms with Crippen LogP contribution in [0.25, 0.3) is 11.1 Å². The van der Waals surface area contributed by atoms with Crippen LogP contribution in [0.15, 0.2) is 54.6 Å². The number of hydrogen-bond donors (Lipinski definition) is 5. The standard InChI is InChI=1S/C16H16FN7/c17-11-8-6-10(7-9-11)13-14(23-18)21-16(22-15(13)24-19)20-12-4-2-1-3-5-12/h1-9H,18-19H2,(H3,20,21,22,23,24). The molecule has 0 saturated heterocycles. The Labute approximate surface area is 137 Å². The molecule has 0 aliphatic heterocycles. The number of para-hydroxylation sites is 1. The van der Waals surface area contributed by atoms with Crippen LogP contribution in [0.5, 0.6) is 0 Å². The number of aromatic nitrogens is 2. The molecule has 3 rings (SSSR count). The van der Waals surface area contributed by atoms with Crippen molar-refractivity contribution in [3.8, 4) is 11.1 Å². The minimum Gasteiger partial charge on any atom is -0.324 e. The zero-order valence-electron chi connectivity index (χ0n) is 12.6. The van der Waals surface area contributed by atoms with E-state index in [2.05, 4.69) is 26.1 Å². The molecule has 0 saturated carbocycles. The van der Waals surface area contributed by atoms with E-state index in [9.17, 15) is 4.39 Å². The van der Waals surface area contributed by atoms with Gasteiger partial charge in [-0.3, -0.25) is 0 Å². The first-order valence-electron chi connectivity index (χ1n) is 7.14. The second kappa shape index (κ2) is 6.90. The number of nitrogens with two attached hydrogens (primary N) is 2. The van der Waals surface area contributed by atoms with Crippen molar-refractivity contribution < 1.29 is 4.39 Å². The van der Waals surface area contributed by atoms with Crippen LogP contribution in [0.1, 0.15) is 0 Å². The van der Waals surface area contributed by atoms with Crippen molar-refractivity contribution in [2.24, 2.45) is 11.7 Å². The van der Waals surface area contributed by atoms with E-state index in [0.717, 1.165) is 5.69 Å². The van der Waals surface area contributed by atoms with Gasteiger partial charge in [-0.25, -0.2) is 16.1 Å². The van der Waals surface area contributed by atoms with Crippen LogP contribution in [0, 0.1) is 5.82 Å². The van der Waals surface area contributed by atoms with Gasteiger partial charge in [0.05, 0.1) is 5.56 Å². The van der Waals surface area contributed by atoms with E-state index < -0.39 is 0 Å². The minimum absolute atomic E-state index is 0.313. The fourth-order valence-electron chi connectivity index (χ4n) is 2.27. The Morgan fingerprint density at radius 2 is 1.38 bits per heavy atom. The first kappa shape index (κ1) is 15.7. The van der Waals surface area contributed by atoms with Crippen LogP contribution in [-0.4, -0.2) is 9.97 Å². The Bertz CT molecular complexity index is 797. The normalized spacial score (nSPS) is 10.3. The summed E-state index contributed by atoms with van der Waals surface area (Å²) in [7, 11) is 0. The van der Waals surface area contributed by atoms with Crippen LogP contribution in [0.2, 0.25) is 0 Å². The van der Waals surface area contributed by atoms with Gasteiger partial charge in [-0.2, -0.15) is 9.97 Å². The Balaban J connectivity index is 2.05. The van der Waals surface area contributed by atoms with E-state index in [1.165, 1.54) is 12.1 Å². The topological polar surface area (TPSA) is 114 Å². The molecule has 8 heteroatoms. The molecule has 0 bridgehead atoms. The van der Waals surface area contributed by atoms with Crippen molar-refractivity contribution in [2.75, 3.05) is 16.2 Å². The predicted molar refractivity (Wildman–Crippen MR) is 92.8 cm³/mol. The summed E-state index contributed by atoms with van der Waals surface area (Å²) in [6.45, 7) is 0. The Kier molecular flexibility index (Phi) is 4.50. The lowest BCUT2D eigenvalue weighted by molar-refractivity contribution is 0.628. The number of benzene rings is 2. The molecule has 1 heterocycles. The molecule has 0 unspecified atom stereocenters. The molecule has 0 amide bonds. The molecular formula is C16H16FN7. The highest BCUT2D eigenvalue weighted by Crippen LogP contribution is 2.33. The third kappa shape index (κ3) is 3.24. The lowest BCUT2D eigenvalue weighted by atomic mass is 10.1. The molecule has 3 aromatic rings. The quantitative estimate of drug-likeness (QED) is 0.362. The highest BCUT2D eigenvalue weighted by molar-refractivity contribution is 5.85. The second-order valence-corrected chi connectivity index (χ2v) is 4.91. The molecule has 7 nitrogen and oxygen atoms in total. The van der Waals surface area contributed by atoms with E-state index >= 15 is 0 Å². The summed E-state index contributed by atoms with van der Waals surface area (Å²) in [6.07, 6.45) is 0. The summed E-state index contributed by atoms with van der Waals surface area (Å²) in [5.41, 5.74) is 7.09. The number of anilines is 4. The molecule has 0 atom stereocenters. The van der Waals surface area contributed by atoms with E-state index in [-0.39, 0.29) is 5.82 Å². The molecule has 0 spiro atoms. The van der Waals surface area contributed by atoms with Crippen LogP contribution < -0.4 is 27.9 Å². The van der Waals surface area contributed by atoms with Gasteiger partial charge in [0.15, 0.2) is 11.6 Å². The van der Waals surface area contributed by atoms with E-state index in [1.807, 2.05) is 30.3 Å². The van der Waals surface area contributed by atoms with Gasteiger partial charge >= 0.3 is 0 Å². The maximum atomic E-state index is 13.2. The van der Waals surface area contributed by atoms with Gasteiger partial charge in [-0.1, -0.05) is 30.3 Å². The summed E-state index contributed by atoms with van der Waals surface area (Å²) in [5.74, 6) is 11.9. The van der Waals surface area contributed by atoms with Gasteiger partial charge in [-0.05, 0) is 29.8 Å². The van der Waals surface area contributed by atoms with Gasteiger partial charge in [0, 0.05) is 5.69 Å². The highest BCUT2D eigenvalue weighted by Gasteiger charge is 2.15. The van der Waals surface area contributed by atoms with Gasteiger partial charge in [0.2, 0.25) is 5.95 Å². The predicted octanol–water partition coefficient (Wildman–Crippen LogP) is 2.60. The SMILES string of the molecule is NNc1nc(Nc2ccccc2)nc(NN)c1-c1ccc(F)cc1. The first-order chi connectivity index (χ1) is 11.7. The molecule has 1 aromatic heterocycles. The van der Waals surface area contributed by atoms with Crippen molar-refractivity contribution in [3.05, 3.63) is 60.4 Å². The average Bonchev–Trinajstić information content (AvgIpc) is 2.62.